The van der Waals surface area contributed by atoms with Crippen molar-refractivity contribution in [2.45, 2.75) is 4.90 Å². The summed E-state index contributed by atoms with van der Waals surface area (Å²) >= 11 is 0. The van der Waals surface area contributed by atoms with E-state index in [1.54, 1.807) is 0 Å². The number of hydrogen-bond donors (Lipinski definition) is 1. The first-order valence-corrected chi connectivity index (χ1v) is 7.03. The van der Waals surface area contributed by atoms with Gasteiger partial charge < -0.3 is 4.74 Å². The lowest BCUT2D eigenvalue weighted by atomic mass is 10.3. The highest BCUT2D eigenvalue weighted by Gasteiger charge is 2.23. The Morgan fingerprint density at radius 3 is 2.05 bits per heavy atom. The van der Waals surface area contributed by atoms with Gasteiger partial charge in [0.05, 0.1) is 7.11 Å². The Morgan fingerprint density at radius 1 is 1.00 bits per heavy atom. The highest BCUT2D eigenvalue weighted by molar-refractivity contribution is 7.92. The van der Waals surface area contributed by atoms with E-state index in [0.29, 0.717) is 5.75 Å². The molecule has 0 saturated carbocycles. The lowest BCUT2D eigenvalue weighted by Gasteiger charge is -2.10. The minimum atomic E-state index is -4.34. The summed E-state index contributed by atoms with van der Waals surface area (Å²) in [6.45, 7) is 0. The lowest BCUT2D eigenvalue weighted by Crippen LogP contribution is -2.16. The molecule has 106 valence electrons. The molecule has 0 bridgehead atoms. The summed E-state index contributed by atoms with van der Waals surface area (Å²) in [4.78, 5) is -1.00. The van der Waals surface area contributed by atoms with Crippen LogP contribution in [0.15, 0.2) is 47.4 Å². The number of hydrogen-bond acceptors (Lipinski definition) is 3. The summed E-state index contributed by atoms with van der Waals surface area (Å²) in [7, 11) is -2.87. The second-order valence-corrected chi connectivity index (χ2v) is 5.50. The van der Waals surface area contributed by atoms with Crippen LogP contribution in [0.5, 0.6) is 5.75 Å². The molecule has 0 saturated heterocycles. The molecule has 0 unspecified atom stereocenters. The fourth-order valence-electron chi connectivity index (χ4n) is 1.60. The maximum absolute atomic E-state index is 13.5. The van der Waals surface area contributed by atoms with E-state index in [1.807, 2.05) is 0 Å². The number of ether oxygens (including phenoxy) is 1. The van der Waals surface area contributed by atoms with Crippen LogP contribution in [0.1, 0.15) is 0 Å². The molecule has 20 heavy (non-hydrogen) atoms. The third-order valence-electron chi connectivity index (χ3n) is 2.53. The summed E-state index contributed by atoms with van der Waals surface area (Å²) in [6.07, 6.45) is 0. The van der Waals surface area contributed by atoms with Crippen LogP contribution in [0.2, 0.25) is 0 Å². The second-order valence-electron chi connectivity index (χ2n) is 3.88. The van der Waals surface area contributed by atoms with Crippen LogP contribution in [0.25, 0.3) is 0 Å². The van der Waals surface area contributed by atoms with Gasteiger partial charge in [-0.25, -0.2) is 17.2 Å². The summed E-state index contributed by atoms with van der Waals surface area (Å²) in [5.74, 6) is -1.76. The average Bonchev–Trinajstić information content (AvgIpc) is 2.38. The molecule has 0 spiro atoms. The predicted octanol–water partition coefficient (Wildman–Crippen LogP) is 2.77. The molecule has 0 heterocycles. The quantitative estimate of drug-likeness (QED) is 0.944. The van der Waals surface area contributed by atoms with Crippen molar-refractivity contribution >= 4 is 15.7 Å². The molecular formula is C13H11F2NO3S. The molecule has 0 amide bonds. The van der Waals surface area contributed by atoms with Gasteiger partial charge in [0.2, 0.25) is 0 Å². The number of nitrogens with one attached hydrogen (secondary N) is 1. The zero-order valence-electron chi connectivity index (χ0n) is 10.4. The van der Waals surface area contributed by atoms with E-state index < -0.39 is 26.6 Å². The molecule has 0 aliphatic rings. The van der Waals surface area contributed by atoms with Gasteiger partial charge in [0.15, 0.2) is 4.90 Å². The number of anilines is 1. The van der Waals surface area contributed by atoms with Gasteiger partial charge >= 0.3 is 0 Å². The van der Waals surface area contributed by atoms with Crippen LogP contribution in [0.4, 0.5) is 14.5 Å². The van der Waals surface area contributed by atoms with Gasteiger partial charge in [-0.2, -0.15) is 0 Å². The summed E-state index contributed by atoms with van der Waals surface area (Å²) in [5, 5.41) is 0. The molecule has 0 aliphatic carbocycles. The minimum absolute atomic E-state index is 0.174. The first kappa shape index (κ1) is 14.3. The van der Waals surface area contributed by atoms with E-state index in [0.717, 1.165) is 18.2 Å². The third kappa shape index (κ3) is 2.88. The minimum Gasteiger partial charge on any atom is -0.497 e. The third-order valence-corrected chi connectivity index (χ3v) is 3.96. The van der Waals surface area contributed by atoms with Crippen LogP contribution in [-0.2, 0) is 10.0 Å². The summed E-state index contributed by atoms with van der Waals surface area (Å²) in [6, 6.07) is 8.75. The van der Waals surface area contributed by atoms with E-state index >= 15 is 0 Å². The largest absolute Gasteiger partial charge is 0.497 e. The Morgan fingerprint density at radius 2 is 1.55 bits per heavy atom. The highest BCUT2D eigenvalue weighted by Crippen LogP contribution is 2.23. The molecule has 0 aromatic heterocycles. The van der Waals surface area contributed by atoms with Crippen LogP contribution < -0.4 is 9.46 Å². The van der Waals surface area contributed by atoms with Crippen molar-refractivity contribution in [1.29, 1.82) is 0 Å². The van der Waals surface area contributed by atoms with Crippen molar-refractivity contribution in [2.75, 3.05) is 11.8 Å². The van der Waals surface area contributed by atoms with Crippen molar-refractivity contribution in [1.82, 2.24) is 0 Å². The van der Waals surface area contributed by atoms with Gasteiger partial charge in [-0.3, -0.25) is 4.72 Å². The number of benzene rings is 2. The fourth-order valence-corrected chi connectivity index (χ4v) is 2.80. The van der Waals surface area contributed by atoms with Gasteiger partial charge in [-0.05, 0) is 36.4 Å². The lowest BCUT2D eigenvalue weighted by molar-refractivity contribution is 0.415. The van der Waals surface area contributed by atoms with Crippen molar-refractivity contribution < 1.29 is 21.9 Å². The SMILES string of the molecule is COc1ccc(NS(=O)(=O)c2c(F)cccc2F)cc1. The topological polar surface area (TPSA) is 55.4 Å². The van der Waals surface area contributed by atoms with E-state index in [-0.39, 0.29) is 5.69 Å². The number of sulfonamides is 1. The second kappa shape index (κ2) is 5.46. The van der Waals surface area contributed by atoms with Gasteiger partial charge in [0, 0.05) is 5.69 Å². The molecule has 2 aromatic carbocycles. The molecule has 0 fully saturated rings. The zero-order valence-corrected chi connectivity index (χ0v) is 11.2. The van der Waals surface area contributed by atoms with Crippen LogP contribution in [0, 0.1) is 11.6 Å². The molecule has 0 aliphatic heterocycles. The van der Waals surface area contributed by atoms with Gasteiger partial charge in [0.25, 0.3) is 10.0 Å². The van der Waals surface area contributed by atoms with Gasteiger partial charge in [-0.15, -0.1) is 0 Å². The molecule has 2 aromatic rings. The van der Waals surface area contributed by atoms with Crippen LogP contribution >= 0.6 is 0 Å². The van der Waals surface area contributed by atoms with Gasteiger partial charge in [0.1, 0.15) is 17.4 Å². The van der Waals surface area contributed by atoms with E-state index in [4.69, 9.17) is 4.74 Å². The Balaban J connectivity index is 2.35. The summed E-state index contributed by atoms with van der Waals surface area (Å²) in [5.41, 5.74) is 0.174. The smallest absolute Gasteiger partial charge is 0.267 e. The Bertz CT molecular complexity index is 695. The first-order valence-electron chi connectivity index (χ1n) is 5.55. The van der Waals surface area contributed by atoms with Crippen LogP contribution in [0.3, 0.4) is 0 Å². The molecular weight excluding hydrogens is 288 g/mol. The van der Waals surface area contributed by atoms with E-state index in [2.05, 4.69) is 4.72 Å². The van der Waals surface area contributed by atoms with Crippen molar-refractivity contribution in [3.8, 4) is 5.75 Å². The zero-order chi connectivity index (χ0) is 14.8. The molecule has 2 rings (SSSR count). The molecule has 7 heteroatoms. The van der Waals surface area contributed by atoms with E-state index in [9.17, 15) is 17.2 Å². The number of halogens is 2. The number of rotatable bonds is 4. The molecule has 4 nitrogen and oxygen atoms in total. The maximum Gasteiger partial charge on any atom is 0.267 e. The maximum atomic E-state index is 13.5. The molecule has 1 N–H and O–H groups in total. The number of methoxy groups -OCH3 is 1. The van der Waals surface area contributed by atoms with E-state index in [1.165, 1.54) is 31.4 Å². The van der Waals surface area contributed by atoms with Crippen molar-refractivity contribution in [2.24, 2.45) is 0 Å². The molecule has 0 radical (unpaired) electrons. The average molecular weight is 299 g/mol. The molecule has 0 atom stereocenters. The standard InChI is InChI=1S/C13H11F2NO3S/c1-19-10-7-5-9(6-8-10)16-20(17,18)13-11(14)3-2-4-12(13)15/h2-8,16H,1H3. The normalized spacial score (nSPS) is 11.2. The fraction of sp³-hybridized carbons (Fsp3) is 0.0769. The van der Waals surface area contributed by atoms with Crippen LogP contribution in [-0.4, -0.2) is 15.5 Å². The monoisotopic (exact) mass is 299 g/mol. The van der Waals surface area contributed by atoms with Crippen molar-refractivity contribution in [3.63, 3.8) is 0 Å². The van der Waals surface area contributed by atoms with Gasteiger partial charge in [-0.1, -0.05) is 6.07 Å². The first-order chi connectivity index (χ1) is 9.44. The summed E-state index contributed by atoms with van der Waals surface area (Å²) < 4.78 is 58.0. The van der Waals surface area contributed by atoms with Crippen molar-refractivity contribution in [3.05, 3.63) is 54.1 Å². The Hall–Kier alpha value is -2.15. The Kier molecular flexibility index (Phi) is 3.89. The Labute approximate surface area is 115 Å². The predicted molar refractivity (Wildman–Crippen MR) is 70.2 cm³/mol. The highest BCUT2D eigenvalue weighted by atomic mass is 32.2.